The first kappa shape index (κ1) is 15.0. The quantitative estimate of drug-likeness (QED) is 0.856. The molecule has 2 aromatic rings. The van der Waals surface area contributed by atoms with E-state index >= 15 is 0 Å². The molecule has 1 heterocycles. The maximum atomic E-state index is 6.06. The average Bonchev–Trinajstić information content (AvgIpc) is 2.45. The van der Waals surface area contributed by atoms with E-state index in [0.29, 0.717) is 6.04 Å². The highest BCUT2D eigenvalue weighted by molar-refractivity contribution is 6.30. The molecule has 0 fully saturated rings. The van der Waals surface area contributed by atoms with Gasteiger partial charge in [-0.2, -0.15) is 0 Å². The molecule has 2 nitrogen and oxygen atoms in total. The Morgan fingerprint density at radius 2 is 1.95 bits per heavy atom. The fourth-order valence-electron chi connectivity index (χ4n) is 2.40. The van der Waals surface area contributed by atoms with Crippen molar-refractivity contribution in [2.75, 3.05) is 6.54 Å². The molecule has 0 spiro atoms. The molecule has 106 valence electrons. The van der Waals surface area contributed by atoms with Gasteiger partial charge in [0.1, 0.15) is 0 Å². The Morgan fingerprint density at radius 3 is 2.60 bits per heavy atom. The summed E-state index contributed by atoms with van der Waals surface area (Å²) in [5.41, 5.74) is 3.85. The number of rotatable bonds is 6. The number of aryl methyl sites for hydroxylation is 1. The van der Waals surface area contributed by atoms with Crippen LogP contribution >= 0.6 is 11.6 Å². The van der Waals surface area contributed by atoms with E-state index in [9.17, 15) is 0 Å². The van der Waals surface area contributed by atoms with Crippen LogP contribution in [-0.2, 0) is 6.42 Å². The molecule has 1 aromatic heterocycles. The fraction of sp³-hybridized carbons (Fsp3) is 0.353. The summed E-state index contributed by atoms with van der Waals surface area (Å²) in [6, 6.07) is 10.6. The smallest absolute Gasteiger partial charge is 0.0408 e. The van der Waals surface area contributed by atoms with Crippen LogP contribution in [0.3, 0.4) is 0 Å². The van der Waals surface area contributed by atoms with E-state index < -0.39 is 0 Å². The standard InChI is InChI=1S/C17H21ClN2/c1-3-8-20-17(12-14-6-9-19-10-7-14)16-5-4-15(18)11-13(16)2/h4-7,9-11,17,20H,3,8,12H2,1-2H3. The van der Waals surface area contributed by atoms with Gasteiger partial charge in [0.15, 0.2) is 0 Å². The summed E-state index contributed by atoms with van der Waals surface area (Å²) >= 11 is 6.06. The summed E-state index contributed by atoms with van der Waals surface area (Å²) in [4.78, 5) is 4.08. The molecule has 2 rings (SSSR count). The number of nitrogens with one attached hydrogen (secondary N) is 1. The van der Waals surface area contributed by atoms with E-state index in [0.717, 1.165) is 24.4 Å². The molecule has 0 aliphatic rings. The second kappa shape index (κ2) is 7.41. The largest absolute Gasteiger partial charge is 0.310 e. The predicted octanol–water partition coefficient (Wildman–Crippen LogP) is 4.33. The summed E-state index contributed by atoms with van der Waals surface area (Å²) in [6.45, 7) is 5.32. The maximum absolute atomic E-state index is 6.06. The van der Waals surface area contributed by atoms with Crippen molar-refractivity contribution >= 4 is 11.6 Å². The molecule has 1 N–H and O–H groups in total. The lowest BCUT2D eigenvalue weighted by Gasteiger charge is -2.21. The van der Waals surface area contributed by atoms with E-state index in [2.05, 4.69) is 42.3 Å². The van der Waals surface area contributed by atoms with Crippen LogP contribution in [0, 0.1) is 6.92 Å². The molecular formula is C17H21ClN2. The van der Waals surface area contributed by atoms with Gasteiger partial charge in [-0.1, -0.05) is 24.6 Å². The van der Waals surface area contributed by atoms with Gasteiger partial charge in [0.25, 0.3) is 0 Å². The molecule has 0 saturated heterocycles. The molecule has 1 unspecified atom stereocenters. The Labute approximate surface area is 126 Å². The third-order valence-electron chi connectivity index (χ3n) is 3.44. The zero-order valence-corrected chi connectivity index (χ0v) is 12.8. The van der Waals surface area contributed by atoms with Crippen LogP contribution in [0.25, 0.3) is 0 Å². The summed E-state index contributed by atoms with van der Waals surface area (Å²) in [5, 5.41) is 4.43. The van der Waals surface area contributed by atoms with Gasteiger partial charge in [-0.25, -0.2) is 0 Å². The zero-order chi connectivity index (χ0) is 14.4. The predicted molar refractivity (Wildman–Crippen MR) is 85.2 cm³/mol. The van der Waals surface area contributed by atoms with Gasteiger partial charge >= 0.3 is 0 Å². The van der Waals surface area contributed by atoms with Crippen molar-refractivity contribution in [1.29, 1.82) is 0 Å². The van der Waals surface area contributed by atoms with Crippen LogP contribution in [0.4, 0.5) is 0 Å². The summed E-state index contributed by atoms with van der Waals surface area (Å²) in [6.07, 6.45) is 5.78. The highest BCUT2D eigenvalue weighted by Gasteiger charge is 2.14. The first-order valence-corrected chi connectivity index (χ1v) is 7.47. The number of hydrogen-bond acceptors (Lipinski definition) is 2. The minimum atomic E-state index is 0.314. The first-order chi connectivity index (χ1) is 9.70. The molecule has 0 aliphatic heterocycles. The Hall–Kier alpha value is -1.38. The topological polar surface area (TPSA) is 24.9 Å². The lowest BCUT2D eigenvalue weighted by molar-refractivity contribution is 0.527. The van der Waals surface area contributed by atoms with Gasteiger partial charge in [-0.05, 0) is 67.3 Å². The van der Waals surface area contributed by atoms with Gasteiger partial charge < -0.3 is 5.32 Å². The highest BCUT2D eigenvalue weighted by Crippen LogP contribution is 2.24. The van der Waals surface area contributed by atoms with Crippen LogP contribution < -0.4 is 5.32 Å². The van der Waals surface area contributed by atoms with E-state index in [-0.39, 0.29) is 0 Å². The van der Waals surface area contributed by atoms with Crippen molar-refractivity contribution in [2.45, 2.75) is 32.7 Å². The van der Waals surface area contributed by atoms with Crippen molar-refractivity contribution in [3.8, 4) is 0 Å². The van der Waals surface area contributed by atoms with Crippen molar-refractivity contribution in [2.24, 2.45) is 0 Å². The molecule has 0 radical (unpaired) electrons. The Balaban J connectivity index is 2.22. The van der Waals surface area contributed by atoms with E-state index in [1.165, 1.54) is 16.7 Å². The van der Waals surface area contributed by atoms with Gasteiger partial charge in [0.05, 0.1) is 0 Å². The molecular weight excluding hydrogens is 268 g/mol. The van der Waals surface area contributed by atoms with E-state index in [4.69, 9.17) is 11.6 Å². The number of hydrogen-bond donors (Lipinski definition) is 1. The molecule has 1 aromatic carbocycles. The first-order valence-electron chi connectivity index (χ1n) is 7.09. The normalized spacial score (nSPS) is 12.3. The van der Waals surface area contributed by atoms with Crippen molar-refractivity contribution in [3.05, 3.63) is 64.4 Å². The van der Waals surface area contributed by atoms with Crippen LogP contribution in [-0.4, -0.2) is 11.5 Å². The number of halogens is 1. The number of nitrogens with zero attached hydrogens (tertiary/aromatic N) is 1. The Bertz CT molecular complexity index is 540. The summed E-state index contributed by atoms with van der Waals surface area (Å²) in [5.74, 6) is 0. The second-order valence-electron chi connectivity index (χ2n) is 5.07. The molecule has 0 saturated carbocycles. The SMILES string of the molecule is CCCNC(Cc1ccncc1)c1ccc(Cl)cc1C. The third-order valence-corrected chi connectivity index (χ3v) is 3.67. The van der Waals surface area contributed by atoms with Crippen molar-refractivity contribution in [3.63, 3.8) is 0 Å². The number of pyridine rings is 1. The molecule has 1 atom stereocenters. The molecule has 20 heavy (non-hydrogen) atoms. The molecule has 0 aliphatic carbocycles. The highest BCUT2D eigenvalue weighted by atomic mass is 35.5. The van der Waals surface area contributed by atoms with E-state index in [1.807, 2.05) is 24.5 Å². The third kappa shape index (κ3) is 4.06. The van der Waals surface area contributed by atoms with Gasteiger partial charge in [0, 0.05) is 23.5 Å². The van der Waals surface area contributed by atoms with Crippen LogP contribution in [0.5, 0.6) is 0 Å². The molecule has 0 bridgehead atoms. The Kier molecular flexibility index (Phi) is 5.57. The molecule has 0 amide bonds. The van der Waals surface area contributed by atoms with Crippen molar-refractivity contribution in [1.82, 2.24) is 10.3 Å². The minimum absolute atomic E-state index is 0.314. The van der Waals surface area contributed by atoms with Crippen LogP contribution in [0.2, 0.25) is 5.02 Å². The van der Waals surface area contributed by atoms with E-state index in [1.54, 1.807) is 0 Å². The van der Waals surface area contributed by atoms with Gasteiger partial charge in [0.2, 0.25) is 0 Å². The van der Waals surface area contributed by atoms with Crippen LogP contribution in [0.15, 0.2) is 42.7 Å². The fourth-order valence-corrected chi connectivity index (χ4v) is 2.62. The van der Waals surface area contributed by atoms with Gasteiger partial charge in [-0.15, -0.1) is 0 Å². The maximum Gasteiger partial charge on any atom is 0.0408 e. The number of benzene rings is 1. The minimum Gasteiger partial charge on any atom is -0.310 e. The lowest BCUT2D eigenvalue weighted by atomic mass is 9.95. The second-order valence-corrected chi connectivity index (χ2v) is 5.50. The summed E-state index contributed by atoms with van der Waals surface area (Å²) < 4.78 is 0. The van der Waals surface area contributed by atoms with Crippen molar-refractivity contribution < 1.29 is 0 Å². The van der Waals surface area contributed by atoms with Crippen LogP contribution in [0.1, 0.15) is 36.1 Å². The van der Waals surface area contributed by atoms with Gasteiger partial charge in [-0.3, -0.25) is 4.98 Å². The average molecular weight is 289 g/mol. The lowest BCUT2D eigenvalue weighted by Crippen LogP contribution is -2.24. The molecule has 3 heteroatoms. The number of aromatic nitrogens is 1. The Morgan fingerprint density at radius 1 is 1.20 bits per heavy atom. The monoisotopic (exact) mass is 288 g/mol. The summed E-state index contributed by atoms with van der Waals surface area (Å²) in [7, 11) is 0. The zero-order valence-electron chi connectivity index (χ0n) is 12.1.